The smallest absolute Gasteiger partial charge is 0.324 e. The zero-order valence-electron chi connectivity index (χ0n) is 42.5. The van der Waals surface area contributed by atoms with Crippen LogP contribution in [0, 0.1) is 17.3 Å². The van der Waals surface area contributed by atoms with Crippen LogP contribution < -0.4 is 10.7 Å². The van der Waals surface area contributed by atoms with Gasteiger partial charge in [-0.1, -0.05) is 58.4 Å². The molecular formula is C54H71N7O8S. The fourth-order valence-corrected chi connectivity index (χ4v) is 11.3. The number of fused-ring (bicyclic) bond motifs is 6. The number of aromatic nitrogens is 1. The second-order valence-electron chi connectivity index (χ2n) is 20.7. The van der Waals surface area contributed by atoms with Gasteiger partial charge in [-0.3, -0.25) is 34.0 Å². The van der Waals surface area contributed by atoms with Gasteiger partial charge in [0.2, 0.25) is 17.7 Å². The topological polar surface area (TPSA) is 174 Å². The molecule has 3 N–H and O–H groups in total. The van der Waals surface area contributed by atoms with Gasteiger partial charge in [0, 0.05) is 79.6 Å². The number of rotatable bonds is 12. The van der Waals surface area contributed by atoms with Gasteiger partial charge in [0.05, 0.1) is 24.3 Å². The second kappa shape index (κ2) is 22.2. The van der Waals surface area contributed by atoms with E-state index >= 15 is 0 Å². The Kier molecular flexibility index (Phi) is 16.5. The third-order valence-electron chi connectivity index (χ3n) is 13.8. The maximum Gasteiger partial charge on any atom is 0.324 e. The SMILES string of the molecule is CC/C(=C\C(=O)N1CC[C@H](C(=O)N(C)[C@H](C(=O)N[C@H]2Cc3cc(O)cc(c3)-c3ccc4sc(-c5cccnc5[C@H](C)OC)c(c4c3)CC(C)(C)COC(=O)[C@@H]3CCCN(N3)C2=O)C(C)C)C1)CN(C)C. The number of hydrazine groups is 1. The summed E-state index contributed by atoms with van der Waals surface area (Å²) in [4.78, 5) is 81.8. The maximum absolute atomic E-state index is 14.8. The number of amides is 4. The van der Waals surface area contributed by atoms with Gasteiger partial charge >= 0.3 is 5.97 Å². The second-order valence-corrected chi connectivity index (χ2v) is 21.7. The molecule has 16 heteroatoms. The monoisotopic (exact) mass is 978 g/mol. The van der Waals surface area contributed by atoms with Crippen LogP contribution in [0.5, 0.6) is 5.75 Å². The molecule has 5 heterocycles. The van der Waals surface area contributed by atoms with E-state index in [1.807, 2.05) is 64.9 Å². The standard InChI is InChI=1S/C54H71N7O8S/c1-11-34(29-58(7)8)25-46(63)60-21-18-37(30-60)51(65)59(9)48(32(2)3)50(64)56-44-24-35-22-38(26-39(62)23-35)36-16-17-45-41(27-36)42(49(70-45)40-14-12-19-55-47(40)33(4)68-10)28-54(5,6)31-69-53(67)43-15-13-20-61(57-43)52(44)66/h12,14,16-17,19,22-23,25-27,32-33,37,43-44,48,57,62H,11,13,15,18,20-21,24,28-31H2,1-10H3,(H,56,64)/b34-25+/t33-,37-,43-,44-,48-/m0/s1. The number of likely N-dealkylation sites (tertiary alicyclic amines) is 1. The predicted molar refractivity (Wildman–Crippen MR) is 273 cm³/mol. The molecule has 0 aliphatic carbocycles. The highest BCUT2D eigenvalue weighted by Crippen LogP contribution is 2.45. The number of aromatic hydroxyl groups is 1. The van der Waals surface area contributed by atoms with Crippen LogP contribution >= 0.6 is 11.3 Å². The van der Waals surface area contributed by atoms with Crippen LogP contribution in [-0.2, 0) is 46.3 Å². The molecule has 15 nitrogen and oxygen atoms in total. The molecule has 376 valence electrons. The molecule has 70 heavy (non-hydrogen) atoms. The first-order valence-corrected chi connectivity index (χ1v) is 25.4. The van der Waals surface area contributed by atoms with Crippen molar-refractivity contribution in [2.75, 3.05) is 61.0 Å². The molecule has 3 aliphatic rings. The van der Waals surface area contributed by atoms with E-state index in [1.54, 1.807) is 54.8 Å². The lowest BCUT2D eigenvalue weighted by Crippen LogP contribution is -2.62. The third kappa shape index (κ3) is 11.9. The van der Waals surface area contributed by atoms with Crippen LogP contribution in [-0.4, -0.2) is 139 Å². The zero-order valence-corrected chi connectivity index (χ0v) is 43.3. The number of pyridine rings is 1. The van der Waals surface area contributed by atoms with Crippen molar-refractivity contribution >= 4 is 51.0 Å². The van der Waals surface area contributed by atoms with E-state index in [2.05, 4.69) is 42.8 Å². The van der Waals surface area contributed by atoms with Gasteiger partial charge in [-0.2, -0.15) is 0 Å². The van der Waals surface area contributed by atoms with Crippen molar-refractivity contribution in [1.82, 2.24) is 35.4 Å². The van der Waals surface area contributed by atoms with Crippen molar-refractivity contribution in [3.63, 3.8) is 0 Å². The number of thiophene rings is 1. The largest absolute Gasteiger partial charge is 0.508 e. The van der Waals surface area contributed by atoms with Gasteiger partial charge in [0.25, 0.3) is 5.91 Å². The van der Waals surface area contributed by atoms with Crippen molar-refractivity contribution in [3.05, 3.63) is 83.2 Å². The molecule has 2 saturated heterocycles. The highest BCUT2D eigenvalue weighted by Gasteiger charge is 2.40. The Hall–Kier alpha value is -5.68. The molecule has 0 saturated carbocycles. The summed E-state index contributed by atoms with van der Waals surface area (Å²) in [7, 11) is 7.19. The van der Waals surface area contributed by atoms with Crippen LogP contribution in [0.2, 0.25) is 0 Å². The fraction of sp³-hybridized carbons (Fsp3) is 0.519. The van der Waals surface area contributed by atoms with E-state index in [4.69, 9.17) is 14.5 Å². The summed E-state index contributed by atoms with van der Waals surface area (Å²) in [5.41, 5.74) is 8.64. The van der Waals surface area contributed by atoms with E-state index in [0.29, 0.717) is 44.3 Å². The van der Waals surface area contributed by atoms with Crippen molar-refractivity contribution in [2.45, 2.75) is 104 Å². The summed E-state index contributed by atoms with van der Waals surface area (Å²) in [6.07, 6.45) is 5.90. The fourth-order valence-electron chi connectivity index (χ4n) is 10.1. The minimum absolute atomic E-state index is 0.00568. The van der Waals surface area contributed by atoms with Crippen molar-refractivity contribution < 1.29 is 38.6 Å². The molecule has 2 aromatic carbocycles. The van der Waals surface area contributed by atoms with Crippen molar-refractivity contribution in [3.8, 4) is 27.3 Å². The van der Waals surface area contributed by atoms with Gasteiger partial charge < -0.3 is 34.6 Å². The molecule has 0 spiro atoms. The summed E-state index contributed by atoms with van der Waals surface area (Å²) in [5.74, 6) is -2.70. The summed E-state index contributed by atoms with van der Waals surface area (Å²) < 4.78 is 12.9. The highest BCUT2D eigenvalue weighted by atomic mass is 32.1. The molecule has 4 amide bonds. The lowest BCUT2D eigenvalue weighted by atomic mass is 9.84. The van der Waals surface area contributed by atoms with Crippen LogP contribution in [0.3, 0.4) is 0 Å². The number of methoxy groups -OCH3 is 1. The first-order chi connectivity index (χ1) is 33.3. The van der Waals surface area contributed by atoms with Gasteiger partial charge in [-0.15, -0.1) is 11.3 Å². The lowest BCUT2D eigenvalue weighted by molar-refractivity contribution is -0.155. The Labute approximate surface area is 416 Å². The quantitative estimate of drug-likeness (QED) is 0.0994. The molecule has 5 atom stereocenters. The van der Waals surface area contributed by atoms with Crippen molar-refractivity contribution in [2.24, 2.45) is 17.3 Å². The number of hydrogen-bond acceptors (Lipinski definition) is 12. The van der Waals surface area contributed by atoms with Crippen LogP contribution in [0.15, 0.2) is 66.4 Å². The summed E-state index contributed by atoms with van der Waals surface area (Å²) in [6, 6.07) is 12.5. The number of benzene rings is 2. The number of nitrogens with one attached hydrogen (secondary N) is 2. The number of hydrogen-bond donors (Lipinski definition) is 3. The number of nitrogens with zero attached hydrogens (tertiary/aromatic N) is 5. The summed E-state index contributed by atoms with van der Waals surface area (Å²) in [5, 5.41) is 16.8. The van der Waals surface area contributed by atoms with E-state index in [1.165, 1.54) is 9.91 Å². The van der Waals surface area contributed by atoms with Crippen molar-refractivity contribution in [1.29, 1.82) is 0 Å². The normalized spacial score (nSPS) is 20.9. The molecule has 6 bridgehead atoms. The number of cyclic esters (lactones) is 1. The number of carbonyl (C=O) groups excluding carboxylic acids is 5. The van der Waals surface area contributed by atoms with E-state index in [0.717, 1.165) is 54.9 Å². The average molecular weight is 978 g/mol. The molecule has 0 unspecified atom stereocenters. The number of likely N-dealkylation sites (N-methyl/N-ethyl adjacent to an activating group) is 2. The lowest BCUT2D eigenvalue weighted by Gasteiger charge is -2.37. The van der Waals surface area contributed by atoms with Crippen LogP contribution in [0.1, 0.15) is 90.2 Å². The number of esters is 1. The van der Waals surface area contributed by atoms with E-state index in [-0.39, 0.29) is 55.7 Å². The molecule has 3 aliphatic heterocycles. The third-order valence-corrected chi connectivity index (χ3v) is 15.0. The minimum atomic E-state index is -1.16. The number of phenolic OH excluding ortho intramolecular Hbond substituents is 1. The van der Waals surface area contributed by atoms with Gasteiger partial charge in [0.15, 0.2) is 0 Å². The summed E-state index contributed by atoms with van der Waals surface area (Å²) in [6.45, 7) is 13.6. The average Bonchev–Trinajstić information content (AvgIpc) is 3.97. The Morgan fingerprint density at radius 3 is 2.54 bits per heavy atom. The first-order valence-electron chi connectivity index (χ1n) is 24.6. The maximum atomic E-state index is 14.8. The van der Waals surface area contributed by atoms with Gasteiger partial charge in [0.1, 0.15) is 23.9 Å². The van der Waals surface area contributed by atoms with Crippen LogP contribution in [0.25, 0.3) is 31.7 Å². The Morgan fingerprint density at radius 2 is 1.83 bits per heavy atom. The Bertz CT molecular complexity index is 2620. The predicted octanol–water partition coefficient (Wildman–Crippen LogP) is 6.92. The Balaban J connectivity index is 1.22. The van der Waals surface area contributed by atoms with E-state index < -0.39 is 47.2 Å². The van der Waals surface area contributed by atoms with Gasteiger partial charge in [-0.05, 0) is 117 Å². The number of ether oxygens (including phenoxy) is 2. The highest BCUT2D eigenvalue weighted by molar-refractivity contribution is 7.22. The zero-order chi connectivity index (χ0) is 50.6. The Morgan fingerprint density at radius 1 is 1.06 bits per heavy atom. The van der Waals surface area contributed by atoms with Crippen LogP contribution in [0.4, 0.5) is 0 Å². The van der Waals surface area contributed by atoms with Gasteiger partial charge in [-0.25, -0.2) is 5.43 Å². The summed E-state index contributed by atoms with van der Waals surface area (Å²) >= 11 is 1.67. The molecule has 0 radical (unpaired) electrons. The number of carbonyl (C=O) groups is 5. The molecule has 7 rings (SSSR count). The van der Waals surface area contributed by atoms with E-state index in [9.17, 15) is 29.1 Å². The minimum Gasteiger partial charge on any atom is -0.508 e. The number of phenols is 1. The molecule has 2 fully saturated rings. The molecule has 2 aromatic heterocycles. The first kappa shape index (κ1) is 52.2. The molecular weight excluding hydrogens is 907 g/mol. The molecule has 4 aromatic rings.